The predicted octanol–water partition coefficient (Wildman–Crippen LogP) is 4.31. The van der Waals surface area contributed by atoms with Crippen molar-refractivity contribution >= 4 is 16.6 Å². The van der Waals surface area contributed by atoms with Gasteiger partial charge in [-0.05, 0) is 61.9 Å². The third-order valence-electron chi connectivity index (χ3n) is 4.21. The Labute approximate surface area is 133 Å². The summed E-state index contributed by atoms with van der Waals surface area (Å²) in [6, 6.07) is 8.58. The van der Waals surface area contributed by atoms with Crippen molar-refractivity contribution in [2.24, 2.45) is 5.92 Å². The molecule has 0 unspecified atom stereocenters. The Kier molecular flexibility index (Phi) is 5.78. The molecule has 0 bridgehead atoms. The fraction of sp³-hybridized carbons (Fsp3) is 0.526. The van der Waals surface area contributed by atoms with Gasteiger partial charge in [0, 0.05) is 23.3 Å². The minimum Gasteiger partial charge on any atom is -0.393 e. The van der Waals surface area contributed by atoms with Crippen LogP contribution in [0.4, 0.5) is 5.69 Å². The molecule has 1 saturated carbocycles. The van der Waals surface area contributed by atoms with Crippen LogP contribution in [0.15, 0.2) is 24.3 Å². The Morgan fingerprint density at radius 1 is 1.23 bits per heavy atom. The lowest BCUT2D eigenvalue weighted by Crippen LogP contribution is -2.33. The Bertz CT molecular complexity index is 618. The van der Waals surface area contributed by atoms with Gasteiger partial charge < -0.3 is 10.4 Å². The van der Waals surface area contributed by atoms with Crippen molar-refractivity contribution in [2.75, 3.05) is 11.9 Å². The Morgan fingerprint density at radius 3 is 2.59 bits per heavy atom. The number of aromatic nitrogens is 1. The lowest BCUT2D eigenvalue weighted by Gasteiger charge is -2.31. The maximum absolute atomic E-state index is 9.32. The number of aryl methyl sites for hydroxylation is 2. The molecule has 0 amide bonds. The van der Waals surface area contributed by atoms with Crippen LogP contribution in [-0.2, 0) is 6.42 Å². The zero-order chi connectivity index (χ0) is 16.1. The molecule has 1 aliphatic rings. The summed E-state index contributed by atoms with van der Waals surface area (Å²) in [7, 11) is 0. The first-order valence-electron chi connectivity index (χ1n) is 8.48. The maximum atomic E-state index is 9.32. The number of benzene rings is 1. The molecule has 1 heterocycles. The van der Waals surface area contributed by atoms with E-state index in [1.165, 1.54) is 10.9 Å². The highest BCUT2D eigenvalue weighted by molar-refractivity contribution is 5.85. The first-order valence-corrected chi connectivity index (χ1v) is 8.48. The van der Waals surface area contributed by atoms with E-state index in [4.69, 9.17) is 0 Å². The molecule has 1 aromatic carbocycles. The van der Waals surface area contributed by atoms with Crippen LogP contribution in [0, 0.1) is 12.8 Å². The summed E-state index contributed by atoms with van der Waals surface area (Å²) in [4.78, 5) is 4.60. The van der Waals surface area contributed by atoms with Crippen molar-refractivity contribution in [3.63, 3.8) is 0 Å². The van der Waals surface area contributed by atoms with E-state index in [0.29, 0.717) is 5.92 Å². The molecule has 3 rings (SSSR count). The summed E-state index contributed by atoms with van der Waals surface area (Å²) in [6.07, 6.45) is 2.82. The molecular weight excluding hydrogens is 272 g/mol. The van der Waals surface area contributed by atoms with Gasteiger partial charge in [-0.15, -0.1) is 0 Å². The van der Waals surface area contributed by atoms with Crippen LogP contribution >= 0.6 is 0 Å². The molecule has 22 heavy (non-hydrogen) atoms. The van der Waals surface area contributed by atoms with Crippen molar-refractivity contribution in [1.29, 1.82) is 0 Å². The summed E-state index contributed by atoms with van der Waals surface area (Å²) in [5, 5.41) is 14.0. The summed E-state index contributed by atoms with van der Waals surface area (Å²) in [6.45, 7) is 9.18. The number of nitrogens with zero attached hydrogens (tertiary/aromatic N) is 1. The molecule has 3 nitrogen and oxygen atoms in total. The molecule has 120 valence electrons. The van der Waals surface area contributed by atoms with Gasteiger partial charge in [0.25, 0.3) is 0 Å². The van der Waals surface area contributed by atoms with Gasteiger partial charge in [0.15, 0.2) is 0 Å². The molecule has 3 heteroatoms. The van der Waals surface area contributed by atoms with Crippen LogP contribution in [-0.4, -0.2) is 22.7 Å². The summed E-state index contributed by atoms with van der Waals surface area (Å²) in [5.74, 6) is 0.613. The Morgan fingerprint density at radius 2 is 1.95 bits per heavy atom. The van der Waals surface area contributed by atoms with E-state index in [0.717, 1.165) is 42.7 Å². The van der Waals surface area contributed by atoms with E-state index in [9.17, 15) is 5.11 Å². The first kappa shape index (κ1) is 16.8. The average molecular weight is 300 g/mol. The number of nitrogens with one attached hydrogen (secondary N) is 1. The highest BCUT2D eigenvalue weighted by Crippen LogP contribution is 2.28. The van der Waals surface area contributed by atoms with E-state index in [-0.39, 0.29) is 6.10 Å². The van der Waals surface area contributed by atoms with Gasteiger partial charge in [-0.3, -0.25) is 4.98 Å². The molecule has 0 atom stereocenters. The molecule has 0 saturated heterocycles. The van der Waals surface area contributed by atoms with Crippen molar-refractivity contribution in [2.45, 2.75) is 53.1 Å². The van der Waals surface area contributed by atoms with Crippen LogP contribution < -0.4 is 5.32 Å². The third-order valence-corrected chi connectivity index (χ3v) is 4.21. The summed E-state index contributed by atoms with van der Waals surface area (Å²) < 4.78 is 0. The minimum atomic E-state index is -0.0720. The fourth-order valence-corrected chi connectivity index (χ4v) is 2.97. The van der Waals surface area contributed by atoms with Gasteiger partial charge in [-0.2, -0.15) is 0 Å². The number of hydrogen-bond donors (Lipinski definition) is 2. The summed E-state index contributed by atoms with van der Waals surface area (Å²) in [5.41, 5.74) is 4.67. The summed E-state index contributed by atoms with van der Waals surface area (Å²) >= 11 is 0. The van der Waals surface area contributed by atoms with E-state index < -0.39 is 0 Å². The standard InChI is InChI=1S/C17H22N2O.C2H6/c1-3-13-6-11(2)19-17-5-4-14(9-16(13)17)18-10-12-7-15(20)8-12;1-2/h4-6,9,12,15,18,20H,3,7-8,10H2,1-2H3;1-2H3. The normalized spacial score (nSPS) is 20.0. The number of anilines is 1. The smallest absolute Gasteiger partial charge is 0.0709 e. The first-order chi connectivity index (χ1) is 10.7. The van der Waals surface area contributed by atoms with Gasteiger partial charge in [-0.1, -0.05) is 20.8 Å². The number of fused-ring (bicyclic) bond motifs is 1. The predicted molar refractivity (Wildman–Crippen MR) is 94.4 cm³/mol. The second-order valence-corrected chi connectivity index (χ2v) is 5.88. The maximum Gasteiger partial charge on any atom is 0.0709 e. The van der Waals surface area contributed by atoms with Gasteiger partial charge in [-0.25, -0.2) is 0 Å². The van der Waals surface area contributed by atoms with Crippen LogP contribution in [0.25, 0.3) is 10.9 Å². The molecule has 0 spiro atoms. The third kappa shape index (κ3) is 3.77. The molecule has 1 aromatic heterocycles. The van der Waals surface area contributed by atoms with Crippen molar-refractivity contribution < 1.29 is 5.11 Å². The van der Waals surface area contributed by atoms with Crippen molar-refractivity contribution in [3.05, 3.63) is 35.5 Å². The number of rotatable bonds is 4. The average Bonchev–Trinajstić information content (AvgIpc) is 2.51. The highest BCUT2D eigenvalue weighted by Gasteiger charge is 2.26. The number of pyridine rings is 1. The molecular formula is C19H28N2O. The van der Waals surface area contributed by atoms with E-state index in [2.05, 4.69) is 41.5 Å². The molecule has 0 aliphatic heterocycles. The Hall–Kier alpha value is -1.61. The zero-order valence-electron chi connectivity index (χ0n) is 14.2. The Balaban J connectivity index is 0.000000847. The van der Waals surface area contributed by atoms with Gasteiger partial charge in [0.2, 0.25) is 0 Å². The van der Waals surface area contributed by atoms with Gasteiger partial charge in [0.1, 0.15) is 0 Å². The second-order valence-electron chi connectivity index (χ2n) is 5.88. The fourth-order valence-electron chi connectivity index (χ4n) is 2.97. The van der Waals surface area contributed by atoms with Crippen LogP contribution in [0.1, 0.15) is 44.9 Å². The molecule has 2 N–H and O–H groups in total. The van der Waals surface area contributed by atoms with E-state index >= 15 is 0 Å². The number of aliphatic hydroxyl groups is 1. The SMILES string of the molecule is CC.CCc1cc(C)nc2ccc(NCC3CC(O)C3)cc12. The largest absolute Gasteiger partial charge is 0.393 e. The van der Waals surface area contributed by atoms with Crippen LogP contribution in [0.3, 0.4) is 0 Å². The van der Waals surface area contributed by atoms with Crippen molar-refractivity contribution in [1.82, 2.24) is 4.98 Å². The monoisotopic (exact) mass is 300 g/mol. The van der Waals surface area contributed by atoms with Crippen LogP contribution in [0.2, 0.25) is 0 Å². The minimum absolute atomic E-state index is 0.0720. The van der Waals surface area contributed by atoms with Gasteiger partial charge >= 0.3 is 0 Å². The topological polar surface area (TPSA) is 45.2 Å². The van der Waals surface area contributed by atoms with E-state index in [1.54, 1.807) is 0 Å². The van der Waals surface area contributed by atoms with Gasteiger partial charge in [0.05, 0.1) is 11.6 Å². The lowest BCUT2D eigenvalue weighted by atomic mass is 9.82. The number of aliphatic hydroxyl groups excluding tert-OH is 1. The quantitative estimate of drug-likeness (QED) is 0.884. The molecule has 1 aliphatic carbocycles. The molecule has 0 radical (unpaired) electrons. The zero-order valence-corrected chi connectivity index (χ0v) is 14.2. The highest BCUT2D eigenvalue weighted by atomic mass is 16.3. The van der Waals surface area contributed by atoms with Crippen molar-refractivity contribution in [3.8, 4) is 0 Å². The number of hydrogen-bond acceptors (Lipinski definition) is 3. The molecule has 2 aromatic rings. The molecule has 1 fully saturated rings. The lowest BCUT2D eigenvalue weighted by molar-refractivity contribution is 0.0487. The van der Waals surface area contributed by atoms with E-state index in [1.807, 2.05) is 20.8 Å². The second kappa shape index (κ2) is 7.59. The van der Waals surface area contributed by atoms with Crippen LogP contribution in [0.5, 0.6) is 0 Å².